The van der Waals surface area contributed by atoms with Gasteiger partial charge in [0.15, 0.2) is 5.13 Å². The van der Waals surface area contributed by atoms with Gasteiger partial charge in [-0.1, -0.05) is 0 Å². The Morgan fingerprint density at radius 1 is 1.11 bits per heavy atom. The molecule has 138 valence electrons. The summed E-state index contributed by atoms with van der Waals surface area (Å²) in [7, 11) is -1.88. The largest absolute Gasteiger partial charge is 0.339 e. The summed E-state index contributed by atoms with van der Waals surface area (Å²) in [6, 6.07) is 9.79. The Kier molecular flexibility index (Phi) is 4.46. The van der Waals surface area contributed by atoms with E-state index in [0.717, 1.165) is 10.2 Å². The van der Waals surface area contributed by atoms with E-state index in [1.807, 2.05) is 29.1 Å². The fourth-order valence-corrected chi connectivity index (χ4v) is 5.27. The molecule has 7 nitrogen and oxygen atoms in total. The Morgan fingerprint density at radius 2 is 1.89 bits per heavy atom. The second-order valence-electron chi connectivity index (χ2n) is 5.68. The van der Waals surface area contributed by atoms with Crippen LogP contribution in [0.4, 0.5) is 10.8 Å². The van der Waals surface area contributed by atoms with Crippen LogP contribution in [0.5, 0.6) is 0 Å². The molecule has 0 spiro atoms. The van der Waals surface area contributed by atoms with Gasteiger partial charge < -0.3 is 9.88 Å². The highest BCUT2D eigenvalue weighted by molar-refractivity contribution is 7.93. The topological polar surface area (TPSA) is 93.1 Å². The van der Waals surface area contributed by atoms with Crippen LogP contribution < -0.4 is 10.0 Å². The van der Waals surface area contributed by atoms with Crippen LogP contribution in [0.3, 0.4) is 0 Å². The number of rotatable bonds is 5. The fraction of sp³-hybridized carbons (Fsp3) is 0.0588. The molecule has 0 unspecified atom stereocenters. The highest BCUT2D eigenvalue weighted by atomic mass is 32.2. The minimum atomic E-state index is -3.71. The van der Waals surface area contributed by atoms with Crippen molar-refractivity contribution in [1.82, 2.24) is 9.55 Å². The number of amides is 1. The molecule has 1 aromatic carbocycles. The number of carbonyl (C=O) groups is 1. The second kappa shape index (κ2) is 6.80. The lowest BCUT2D eigenvalue weighted by atomic mass is 10.3. The van der Waals surface area contributed by atoms with Crippen molar-refractivity contribution in [2.75, 3.05) is 10.0 Å². The van der Waals surface area contributed by atoms with E-state index in [2.05, 4.69) is 15.0 Å². The molecule has 0 aliphatic carbocycles. The number of anilines is 2. The standard InChI is InChI=1S/C17H14N4O3S3/c1-21-13-6-8-25-15(13)10-14(21)16(22)19-11-2-4-12(5-3-11)27(23,24)20-17-18-7-9-26-17/h2-10H,1H3,(H,18,20)(H,19,22). The van der Waals surface area contributed by atoms with Crippen molar-refractivity contribution < 1.29 is 13.2 Å². The molecule has 0 fully saturated rings. The van der Waals surface area contributed by atoms with Crippen molar-refractivity contribution in [3.8, 4) is 0 Å². The summed E-state index contributed by atoms with van der Waals surface area (Å²) >= 11 is 2.77. The molecule has 3 heterocycles. The smallest absolute Gasteiger partial charge is 0.272 e. The van der Waals surface area contributed by atoms with E-state index in [-0.39, 0.29) is 10.8 Å². The molecule has 3 aromatic heterocycles. The van der Waals surface area contributed by atoms with Gasteiger partial charge in [0, 0.05) is 24.3 Å². The third-order valence-corrected chi connectivity index (χ3v) is 7.00. The molecule has 0 aliphatic rings. The van der Waals surface area contributed by atoms with Crippen LogP contribution in [0.1, 0.15) is 10.5 Å². The van der Waals surface area contributed by atoms with E-state index in [0.29, 0.717) is 16.5 Å². The number of sulfonamides is 1. The molecule has 1 amide bonds. The lowest BCUT2D eigenvalue weighted by Gasteiger charge is -2.08. The summed E-state index contributed by atoms with van der Waals surface area (Å²) in [5.74, 6) is -0.252. The predicted octanol–water partition coefficient (Wildman–Crippen LogP) is 3.75. The highest BCUT2D eigenvalue weighted by Crippen LogP contribution is 2.25. The van der Waals surface area contributed by atoms with Crippen molar-refractivity contribution >= 4 is 59.6 Å². The Morgan fingerprint density at radius 3 is 2.56 bits per heavy atom. The fourth-order valence-electron chi connectivity index (χ4n) is 2.63. The Labute approximate surface area is 163 Å². The molecule has 0 atom stereocenters. The molecular formula is C17H14N4O3S3. The number of aromatic nitrogens is 2. The normalized spacial score (nSPS) is 11.6. The first-order valence-electron chi connectivity index (χ1n) is 7.81. The van der Waals surface area contributed by atoms with E-state index in [4.69, 9.17) is 0 Å². The predicted molar refractivity (Wildman–Crippen MR) is 108 cm³/mol. The number of thiophene rings is 1. The number of nitrogens with zero attached hydrogens (tertiary/aromatic N) is 2. The first kappa shape index (κ1) is 17.7. The summed E-state index contributed by atoms with van der Waals surface area (Å²) < 4.78 is 30.0. The van der Waals surface area contributed by atoms with E-state index >= 15 is 0 Å². The van der Waals surface area contributed by atoms with Crippen molar-refractivity contribution in [2.24, 2.45) is 7.05 Å². The van der Waals surface area contributed by atoms with Gasteiger partial charge in [-0.3, -0.25) is 9.52 Å². The molecule has 2 N–H and O–H groups in total. The van der Waals surface area contributed by atoms with Crippen molar-refractivity contribution in [3.63, 3.8) is 0 Å². The van der Waals surface area contributed by atoms with Gasteiger partial charge in [0.25, 0.3) is 15.9 Å². The van der Waals surface area contributed by atoms with Gasteiger partial charge in [0.1, 0.15) is 5.69 Å². The maximum atomic E-state index is 12.5. The third kappa shape index (κ3) is 3.46. The summed E-state index contributed by atoms with van der Waals surface area (Å²) in [5, 5.41) is 6.76. The number of aryl methyl sites for hydroxylation is 1. The molecule has 0 saturated carbocycles. The van der Waals surface area contributed by atoms with Gasteiger partial charge >= 0.3 is 0 Å². The van der Waals surface area contributed by atoms with Gasteiger partial charge in [0.2, 0.25) is 0 Å². The Bertz CT molecular complexity index is 1210. The molecule has 4 rings (SSSR count). The second-order valence-corrected chi connectivity index (χ2v) is 9.20. The quantitative estimate of drug-likeness (QED) is 0.516. The van der Waals surface area contributed by atoms with E-state index in [1.165, 1.54) is 29.7 Å². The van der Waals surface area contributed by atoms with Crippen LogP contribution in [0, 0.1) is 0 Å². The minimum absolute atomic E-state index is 0.0927. The van der Waals surface area contributed by atoms with Crippen molar-refractivity contribution in [1.29, 1.82) is 0 Å². The van der Waals surface area contributed by atoms with E-state index < -0.39 is 10.0 Å². The van der Waals surface area contributed by atoms with Crippen LogP contribution in [0.25, 0.3) is 10.2 Å². The lowest BCUT2D eigenvalue weighted by Crippen LogP contribution is -2.16. The van der Waals surface area contributed by atoms with Gasteiger partial charge in [-0.05, 0) is 41.8 Å². The van der Waals surface area contributed by atoms with Crippen LogP contribution >= 0.6 is 22.7 Å². The van der Waals surface area contributed by atoms with Crippen LogP contribution in [-0.2, 0) is 17.1 Å². The monoisotopic (exact) mass is 418 g/mol. The van der Waals surface area contributed by atoms with E-state index in [9.17, 15) is 13.2 Å². The number of hydrogen-bond donors (Lipinski definition) is 2. The summed E-state index contributed by atoms with van der Waals surface area (Å²) in [6.07, 6.45) is 1.52. The minimum Gasteiger partial charge on any atom is -0.339 e. The number of benzene rings is 1. The molecule has 10 heteroatoms. The zero-order valence-corrected chi connectivity index (χ0v) is 16.5. The van der Waals surface area contributed by atoms with Crippen LogP contribution in [0.2, 0.25) is 0 Å². The number of nitrogens with one attached hydrogen (secondary N) is 2. The Hall–Kier alpha value is -2.69. The molecule has 0 saturated heterocycles. The highest BCUT2D eigenvalue weighted by Gasteiger charge is 2.17. The average molecular weight is 419 g/mol. The van der Waals surface area contributed by atoms with Crippen LogP contribution in [0.15, 0.2) is 58.3 Å². The first-order valence-corrected chi connectivity index (χ1v) is 11.0. The van der Waals surface area contributed by atoms with E-state index in [1.54, 1.807) is 28.8 Å². The third-order valence-electron chi connectivity index (χ3n) is 3.97. The number of thiazole rings is 1. The van der Waals surface area contributed by atoms with Gasteiger partial charge in [-0.25, -0.2) is 13.4 Å². The summed E-state index contributed by atoms with van der Waals surface area (Å²) in [5.41, 5.74) is 2.05. The lowest BCUT2D eigenvalue weighted by molar-refractivity contribution is 0.101. The zero-order chi connectivity index (χ0) is 19.0. The van der Waals surface area contributed by atoms with Gasteiger partial charge in [0.05, 0.1) is 15.1 Å². The van der Waals surface area contributed by atoms with Gasteiger partial charge in [-0.2, -0.15) is 0 Å². The molecular weight excluding hydrogens is 404 g/mol. The number of fused-ring (bicyclic) bond motifs is 1. The van der Waals surface area contributed by atoms with Crippen molar-refractivity contribution in [3.05, 3.63) is 59.0 Å². The van der Waals surface area contributed by atoms with Crippen molar-refractivity contribution in [2.45, 2.75) is 4.90 Å². The molecule has 0 bridgehead atoms. The molecule has 4 aromatic rings. The summed E-state index contributed by atoms with van der Waals surface area (Å²) in [4.78, 5) is 16.5. The summed E-state index contributed by atoms with van der Waals surface area (Å²) in [6.45, 7) is 0. The molecule has 27 heavy (non-hydrogen) atoms. The zero-order valence-electron chi connectivity index (χ0n) is 14.0. The maximum Gasteiger partial charge on any atom is 0.272 e. The number of hydrogen-bond acceptors (Lipinski definition) is 6. The first-order chi connectivity index (χ1) is 12.9. The van der Waals surface area contributed by atoms with Gasteiger partial charge in [-0.15, -0.1) is 22.7 Å². The molecule has 0 aliphatic heterocycles. The SMILES string of the molecule is Cn1c(C(=O)Nc2ccc(S(=O)(=O)Nc3nccs3)cc2)cc2sccc21. The average Bonchev–Trinajstić information content (AvgIpc) is 3.35. The Balaban J connectivity index is 1.51. The maximum absolute atomic E-state index is 12.5. The number of carbonyl (C=O) groups excluding carboxylic acids is 1. The molecule has 0 radical (unpaired) electrons. The van der Waals surface area contributed by atoms with Crippen LogP contribution in [-0.4, -0.2) is 23.9 Å².